The molecule has 0 spiro atoms. The van der Waals surface area contributed by atoms with Gasteiger partial charge in [0.15, 0.2) is 12.4 Å². The zero-order chi connectivity index (χ0) is 9.14. The molecule has 1 aromatic heterocycles. The van der Waals surface area contributed by atoms with Gasteiger partial charge in [-0.15, -0.1) is 0 Å². The van der Waals surface area contributed by atoms with Crippen LogP contribution < -0.4 is 4.74 Å². The molecule has 0 saturated carbocycles. The molecule has 1 rings (SSSR count). The highest BCUT2D eigenvalue weighted by molar-refractivity contribution is 5.68. The van der Waals surface area contributed by atoms with Gasteiger partial charge in [0.2, 0.25) is 0 Å². The van der Waals surface area contributed by atoms with Crippen molar-refractivity contribution in [3.8, 4) is 5.75 Å². The molecule has 0 aromatic carbocycles. The monoisotopic (exact) mass is 170 g/mol. The lowest BCUT2D eigenvalue weighted by Crippen LogP contribution is -2.09. The van der Waals surface area contributed by atoms with Crippen LogP contribution in [0, 0.1) is 13.8 Å². The minimum atomic E-state index is -0.992. The summed E-state index contributed by atoms with van der Waals surface area (Å²) >= 11 is 0. The number of hydrogen-bond donors (Lipinski definition) is 1. The van der Waals surface area contributed by atoms with Crippen LogP contribution in [0.5, 0.6) is 5.75 Å². The summed E-state index contributed by atoms with van der Waals surface area (Å²) in [5.74, 6) is 0.824. The first-order valence-corrected chi connectivity index (χ1v) is 3.51. The third kappa shape index (κ3) is 2.02. The molecule has 12 heavy (non-hydrogen) atoms. The number of hydrogen-bond acceptors (Lipinski definition) is 3. The fourth-order valence-electron chi connectivity index (χ4n) is 0.890. The Morgan fingerprint density at radius 2 is 2.33 bits per heavy atom. The van der Waals surface area contributed by atoms with E-state index < -0.39 is 5.97 Å². The minimum absolute atomic E-state index is 0.334. The molecule has 4 heteroatoms. The van der Waals surface area contributed by atoms with Gasteiger partial charge in [-0.1, -0.05) is 0 Å². The maximum atomic E-state index is 10.1. The van der Waals surface area contributed by atoms with E-state index in [4.69, 9.17) is 14.3 Å². The van der Waals surface area contributed by atoms with Gasteiger partial charge >= 0.3 is 5.97 Å². The average molecular weight is 170 g/mol. The maximum Gasteiger partial charge on any atom is 0.341 e. The number of carbonyl (C=O) groups is 1. The number of carboxylic acid groups (broad SMARTS) is 1. The molecule has 0 aliphatic carbocycles. The molecule has 0 bridgehead atoms. The maximum absolute atomic E-state index is 10.1. The number of ether oxygens (including phenoxy) is 1. The zero-order valence-corrected chi connectivity index (χ0v) is 6.96. The summed E-state index contributed by atoms with van der Waals surface area (Å²) in [6.45, 7) is 3.17. The van der Waals surface area contributed by atoms with Crippen LogP contribution >= 0.6 is 0 Å². The molecule has 1 aromatic rings. The van der Waals surface area contributed by atoms with Crippen LogP contribution in [0.3, 0.4) is 0 Å². The highest BCUT2D eigenvalue weighted by Crippen LogP contribution is 2.21. The van der Waals surface area contributed by atoms with E-state index in [2.05, 4.69) is 0 Å². The average Bonchev–Trinajstić information content (AvgIpc) is 2.26. The number of aliphatic carboxylic acids is 1. The van der Waals surface area contributed by atoms with E-state index in [1.54, 1.807) is 19.9 Å². The highest BCUT2D eigenvalue weighted by atomic mass is 16.5. The van der Waals surface area contributed by atoms with Crippen molar-refractivity contribution >= 4 is 5.97 Å². The van der Waals surface area contributed by atoms with Crippen molar-refractivity contribution in [2.45, 2.75) is 13.8 Å². The SMILES string of the molecule is Cc1cc(OCC(=O)O)c(C)o1. The summed E-state index contributed by atoms with van der Waals surface area (Å²) in [6, 6.07) is 1.66. The summed E-state index contributed by atoms with van der Waals surface area (Å²) in [5, 5.41) is 8.32. The number of carboxylic acids is 1. The lowest BCUT2D eigenvalue weighted by molar-refractivity contribution is -0.139. The van der Waals surface area contributed by atoms with Gasteiger partial charge in [-0.25, -0.2) is 4.79 Å². The van der Waals surface area contributed by atoms with Gasteiger partial charge in [-0.05, 0) is 13.8 Å². The molecule has 66 valence electrons. The van der Waals surface area contributed by atoms with Crippen LogP contribution in [0.4, 0.5) is 0 Å². The lowest BCUT2D eigenvalue weighted by atomic mass is 10.4. The molecular formula is C8H10O4. The van der Waals surface area contributed by atoms with E-state index in [1.165, 1.54) is 0 Å². The van der Waals surface area contributed by atoms with Crippen LogP contribution in [-0.2, 0) is 4.79 Å². The van der Waals surface area contributed by atoms with Gasteiger partial charge in [0.25, 0.3) is 0 Å². The van der Waals surface area contributed by atoms with Crippen LogP contribution in [0.25, 0.3) is 0 Å². The Hall–Kier alpha value is -1.45. The Morgan fingerprint density at radius 3 is 2.75 bits per heavy atom. The molecule has 0 atom stereocenters. The smallest absolute Gasteiger partial charge is 0.341 e. The van der Waals surface area contributed by atoms with Crippen LogP contribution in [0.15, 0.2) is 10.5 Å². The minimum Gasteiger partial charge on any atom is -0.479 e. The Bertz CT molecular complexity index is 287. The summed E-state index contributed by atoms with van der Waals surface area (Å²) in [4.78, 5) is 10.1. The molecule has 0 aliphatic rings. The molecular weight excluding hydrogens is 160 g/mol. The van der Waals surface area contributed by atoms with Crippen molar-refractivity contribution in [3.63, 3.8) is 0 Å². The molecule has 0 aliphatic heterocycles. The van der Waals surface area contributed by atoms with Gasteiger partial charge in [0, 0.05) is 6.07 Å². The molecule has 1 N–H and O–H groups in total. The summed E-state index contributed by atoms with van der Waals surface area (Å²) in [7, 11) is 0. The number of rotatable bonds is 3. The first-order chi connectivity index (χ1) is 5.59. The summed E-state index contributed by atoms with van der Waals surface area (Å²) in [5.41, 5.74) is 0. The normalized spacial score (nSPS) is 9.83. The van der Waals surface area contributed by atoms with E-state index in [0.29, 0.717) is 17.3 Å². The molecule has 0 unspecified atom stereocenters. The third-order valence-electron chi connectivity index (χ3n) is 1.35. The van der Waals surface area contributed by atoms with Crippen LogP contribution in [0.1, 0.15) is 11.5 Å². The molecule has 0 amide bonds. The van der Waals surface area contributed by atoms with Gasteiger partial charge in [0.1, 0.15) is 11.5 Å². The van der Waals surface area contributed by atoms with Gasteiger partial charge in [0.05, 0.1) is 0 Å². The van der Waals surface area contributed by atoms with Crippen molar-refractivity contribution < 1.29 is 19.1 Å². The van der Waals surface area contributed by atoms with E-state index in [9.17, 15) is 4.79 Å². The van der Waals surface area contributed by atoms with Crippen molar-refractivity contribution in [2.75, 3.05) is 6.61 Å². The van der Waals surface area contributed by atoms with Gasteiger partial charge in [-0.3, -0.25) is 0 Å². The Labute approximate surface area is 69.8 Å². The first-order valence-electron chi connectivity index (χ1n) is 3.51. The second kappa shape index (κ2) is 3.30. The Balaban J connectivity index is 2.62. The van der Waals surface area contributed by atoms with Crippen molar-refractivity contribution in [1.29, 1.82) is 0 Å². The van der Waals surface area contributed by atoms with Gasteiger partial charge in [-0.2, -0.15) is 0 Å². The molecule has 0 saturated heterocycles. The van der Waals surface area contributed by atoms with Crippen LogP contribution in [0.2, 0.25) is 0 Å². The fourth-order valence-corrected chi connectivity index (χ4v) is 0.890. The Kier molecular flexibility index (Phi) is 2.38. The van der Waals surface area contributed by atoms with Gasteiger partial charge < -0.3 is 14.3 Å². The van der Waals surface area contributed by atoms with E-state index in [-0.39, 0.29) is 6.61 Å². The standard InChI is InChI=1S/C8H10O4/c1-5-3-7(6(2)12-5)11-4-8(9)10/h3H,4H2,1-2H3,(H,9,10). The molecule has 0 radical (unpaired) electrons. The second-order valence-corrected chi connectivity index (χ2v) is 2.46. The predicted molar refractivity (Wildman–Crippen MR) is 41.3 cm³/mol. The topological polar surface area (TPSA) is 59.7 Å². The number of aryl methyl sites for hydroxylation is 2. The van der Waals surface area contributed by atoms with Crippen molar-refractivity contribution in [3.05, 3.63) is 17.6 Å². The van der Waals surface area contributed by atoms with E-state index in [0.717, 1.165) is 0 Å². The van der Waals surface area contributed by atoms with E-state index in [1.807, 2.05) is 0 Å². The fraction of sp³-hybridized carbons (Fsp3) is 0.375. The largest absolute Gasteiger partial charge is 0.479 e. The lowest BCUT2D eigenvalue weighted by Gasteiger charge is -1.98. The quantitative estimate of drug-likeness (QED) is 0.744. The van der Waals surface area contributed by atoms with Crippen LogP contribution in [-0.4, -0.2) is 17.7 Å². The van der Waals surface area contributed by atoms with Crippen molar-refractivity contribution in [2.24, 2.45) is 0 Å². The number of furan rings is 1. The molecule has 4 nitrogen and oxygen atoms in total. The summed E-state index contributed by atoms with van der Waals surface area (Å²) < 4.78 is 10.1. The highest BCUT2D eigenvalue weighted by Gasteiger charge is 2.06. The third-order valence-corrected chi connectivity index (χ3v) is 1.35. The summed E-state index contributed by atoms with van der Waals surface area (Å²) in [6.07, 6.45) is 0. The molecule has 0 fully saturated rings. The zero-order valence-electron chi connectivity index (χ0n) is 6.96. The molecule has 1 heterocycles. The first kappa shape index (κ1) is 8.64. The van der Waals surface area contributed by atoms with E-state index >= 15 is 0 Å². The predicted octanol–water partition coefficient (Wildman–Crippen LogP) is 1.36. The second-order valence-electron chi connectivity index (χ2n) is 2.46. The Morgan fingerprint density at radius 1 is 1.67 bits per heavy atom. The van der Waals surface area contributed by atoms with Crippen molar-refractivity contribution in [1.82, 2.24) is 0 Å².